The quantitative estimate of drug-likeness (QED) is 0.254. The molecule has 0 saturated carbocycles. The summed E-state index contributed by atoms with van der Waals surface area (Å²) < 4.78 is 19.2. The van der Waals surface area contributed by atoms with Gasteiger partial charge >= 0.3 is 11.9 Å². The molecule has 0 bridgehead atoms. The predicted molar refractivity (Wildman–Crippen MR) is 167 cm³/mol. The lowest BCUT2D eigenvalue weighted by atomic mass is 9.96. The van der Waals surface area contributed by atoms with Crippen molar-refractivity contribution < 1.29 is 28.9 Å². The number of aromatic nitrogens is 1. The first-order valence-corrected chi connectivity index (χ1v) is 15.0. The van der Waals surface area contributed by atoms with Gasteiger partial charge in [-0.15, -0.1) is 0 Å². The van der Waals surface area contributed by atoms with E-state index in [2.05, 4.69) is 4.99 Å². The zero-order chi connectivity index (χ0) is 31.4. The fourth-order valence-electron chi connectivity index (χ4n) is 4.88. The van der Waals surface area contributed by atoms with E-state index >= 15 is 0 Å². The van der Waals surface area contributed by atoms with Crippen molar-refractivity contribution in [3.05, 3.63) is 126 Å². The maximum absolute atomic E-state index is 14.0. The molecule has 226 valence electrons. The standard InChI is InChI=1S/C34H32N2O7S/c1-5-41-33(40)29-21(4)35-34-36(30(29)23-14-16-26(17-15-23)43-20(2)3)31(37)28(44-34)18-25-8-6-7-9-27(25)42-19-22-10-12-24(13-11-22)32(38)39/h6-18,20,30H,5,19H2,1-4H3,(H,38,39)/b28-18-/t30-/m1/s1. The van der Waals surface area contributed by atoms with E-state index in [-0.39, 0.29) is 30.4 Å². The molecule has 0 amide bonds. The highest BCUT2D eigenvalue weighted by Gasteiger charge is 2.33. The van der Waals surface area contributed by atoms with Crippen LogP contribution in [0.5, 0.6) is 11.5 Å². The number of hydrogen-bond acceptors (Lipinski definition) is 8. The Kier molecular flexibility index (Phi) is 9.10. The summed E-state index contributed by atoms with van der Waals surface area (Å²) in [4.78, 5) is 43.5. The zero-order valence-electron chi connectivity index (χ0n) is 24.8. The summed E-state index contributed by atoms with van der Waals surface area (Å²) in [6, 6.07) is 20.4. The Bertz CT molecular complexity index is 1900. The van der Waals surface area contributed by atoms with Crippen LogP contribution in [0, 0.1) is 0 Å². The summed E-state index contributed by atoms with van der Waals surface area (Å²) >= 11 is 1.23. The monoisotopic (exact) mass is 612 g/mol. The number of carboxylic acids is 1. The third-order valence-electron chi connectivity index (χ3n) is 6.89. The number of benzene rings is 3. The van der Waals surface area contributed by atoms with Gasteiger partial charge in [0.2, 0.25) is 0 Å². The van der Waals surface area contributed by atoms with Crippen molar-refractivity contribution in [1.82, 2.24) is 4.57 Å². The molecule has 1 aromatic heterocycles. The van der Waals surface area contributed by atoms with Crippen LogP contribution in [0.1, 0.15) is 60.8 Å². The minimum absolute atomic E-state index is 0.0000891. The molecule has 4 aromatic rings. The Hall–Kier alpha value is -4.96. The molecule has 1 aliphatic rings. The summed E-state index contributed by atoms with van der Waals surface area (Å²) in [5.41, 5.74) is 2.91. The predicted octanol–water partition coefficient (Wildman–Crippen LogP) is 4.86. The van der Waals surface area contributed by atoms with E-state index in [1.165, 1.54) is 23.5 Å². The number of rotatable bonds is 10. The van der Waals surface area contributed by atoms with Crippen molar-refractivity contribution in [3.63, 3.8) is 0 Å². The topological polar surface area (TPSA) is 116 Å². The molecule has 0 fully saturated rings. The van der Waals surface area contributed by atoms with E-state index in [1.54, 1.807) is 42.7 Å². The first-order chi connectivity index (χ1) is 21.2. The molecule has 0 spiro atoms. The number of allylic oxidation sites excluding steroid dienone is 1. The Morgan fingerprint density at radius 3 is 2.41 bits per heavy atom. The molecular weight excluding hydrogens is 580 g/mol. The van der Waals surface area contributed by atoms with Crippen molar-refractivity contribution in [1.29, 1.82) is 0 Å². The van der Waals surface area contributed by atoms with E-state index in [9.17, 15) is 14.4 Å². The summed E-state index contributed by atoms with van der Waals surface area (Å²) in [6.45, 7) is 7.77. The maximum atomic E-state index is 14.0. The minimum Gasteiger partial charge on any atom is -0.491 e. The minimum atomic E-state index is -0.992. The number of esters is 1. The molecule has 9 nitrogen and oxygen atoms in total. The van der Waals surface area contributed by atoms with Crippen LogP contribution in [-0.4, -0.2) is 34.3 Å². The van der Waals surface area contributed by atoms with E-state index in [0.717, 1.165) is 11.1 Å². The van der Waals surface area contributed by atoms with Gasteiger partial charge in [0, 0.05) is 5.56 Å². The molecule has 0 saturated heterocycles. The highest BCUT2D eigenvalue weighted by Crippen LogP contribution is 2.32. The number of thiazole rings is 1. The second-order valence-electron chi connectivity index (χ2n) is 10.4. The summed E-state index contributed by atoms with van der Waals surface area (Å²) in [5, 5.41) is 9.15. The number of carbonyl (C=O) groups excluding carboxylic acids is 1. The Morgan fingerprint density at radius 1 is 1.05 bits per heavy atom. The largest absolute Gasteiger partial charge is 0.491 e. The summed E-state index contributed by atoms with van der Waals surface area (Å²) in [5.74, 6) is -0.274. The first kappa shape index (κ1) is 30.5. The van der Waals surface area contributed by atoms with Crippen LogP contribution >= 0.6 is 11.3 Å². The number of nitrogens with zero attached hydrogens (tertiary/aromatic N) is 2. The molecular formula is C34H32N2O7S. The molecule has 2 heterocycles. The number of para-hydroxylation sites is 1. The number of hydrogen-bond donors (Lipinski definition) is 1. The number of carbonyl (C=O) groups is 2. The van der Waals surface area contributed by atoms with E-state index < -0.39 is 18.0 Å². The van der Waals surface area contributed by atoms with Crippen LogP contribution in [0.15, 0.2) is 93.9 Å². The molecule has 10 heteroatoms. The van der Waals surface area contributed by atoms with Gasteiger partial charge in [0.25, 0.3) is 5.56 Å². The lowest BCUT2D eigenvalue weighted by Gasteiger charge is -2.25. The van der Waals surface area contributed by atoms with Crippen LogP contribution in [0.3, 0.4) is 0 Å². The Balaban J connectivity index is 1.54. The van der Waals surface area contributed by atoms with Crippen molar-refractivity contribution in [2.24, 2.45) is 4.99 Å². The lowest BCUT2D eigenvalue weighted by molar-refractivity contribution is -0.139. The number of aromatic carboxylic acids is 1. The van der Waals surface area contributed by atoms with Gasteiger partial charge in [-0.1, -0.05) is 53.8 Å². The number of ether oxygens (including phenoxy) is 3. The smallest absolute Gasteiger partial charge is 0.338 e. The first-order valence-electron chi connectivity index (χ1n) is 14.2. The molecule has 0 unspecified atom stereocenters. The Labute approximate surface area is 258 Å². The highest BCUT2D eigenvalue weighted by molar-refractivity contribution is 7.07. The molecule has 0 radical (unpaired) electrons. The second kappa shape index (κ2) is 13.1. The summed E-state index contributed by atoms with van der Waals surface area (Å²) in [7, 11) is 0. The van der Waals surface area contributed by atoms with Crippen molar-refractivity contribution in [2.45, 2.75) is 46.4 Å². The van der Waals surface area contributed by atoms with Gasteiger partial charge in [0.15, 0.2) is 4.80 Å². The molecule has 1 atom stereocenters. The van der Waals surface area contributed by atoms with Crippen LogP contribution in [-0.2, 0) is 16.1 Å². The van der Waals surface area contributed by atoms with E-state index in [4.69, 9.17) is 19.3 Å². The van der Waals surface area contributed by atoms with Crippen LogP contribution in [0.4, 0.5) is 0 Å². The molecule has 1 N–H and O–H groups in total. The third-order valence-corrected chi connectivity index (χ3v) is 7.87. The van der Waals surface area contributed by atoms with Gasteiger partial charge in [-0.3, -0.25) is 9.36 Å². The third kappa shape index (κ3) is 6.50. The van der Waals surface area contributed by atoms with Crippen LogP contribution in [0.25, 0.3) is 6.08 Å². The average molecular weight is 613 g/mol. The summed E-state index contributed by atoms with van der Waals surface area (Å²) in [6.07, 6.45) is 1.76. The normalized spacial score (nSPS) is 14.7. The van der Waals surface area contributed by atoms with E-state index in [0.29, 0.717) is 37.7 Å². The fraction of sp³-hybridized carbons (Fsp3) is 0.235. The fourth-order valence-corrected chi connectivity index (χ4v) is 5.92. The zero-order valence-corrected chi connectivity index (χ0v) is 25.6. The van der Waals surface area contributed by atoms with Gasteiger partial charge < -0.3 is 19.3 Å². The van der Waals surface area contributed by atoms with Gasteiger partial charge in [0.1, 0.15) is 18.1 Å². The maximum Gasteiger partial charge on any atom is 0.338 e. The van der Waals surface area contributed by atoms with Gasteiger partial charge in [0.05, 0.1) is 40.1 Å². The number of carboxylic acid groups (broad SMARTS) is 1. The van der Waals surface area contributed by atoms with Crippen molar-refractivity contribution in [2.75, 3.05) is 6.61 Å². The average Bonchev–Trinajstić information content (AvgIpc) is 3.30. The molecule has 0 aliphatic carbocycles. The van der Waals surface area contributed by atoms with Gasteiger partial charge in [-0.2, -0.15) is 0 Å². The second-order valence-corrected chi connectivity index (χ2v) is 11.4. The molecule has 3 aromatic carbocycles. The van der Waals surface area contributed by atoms with Crippen LogP contribution in [0.2, 0.25) is 0 Å². The van der Waals surface area contributed by atoms with Gasteiger partial charge in [-0.25, -0.2) is 14.6 Å². The van der Waals surface area contributed by atoms with E-state index in [1.807, 2.05) is 56.3 Å². The Morgan fingerprint density at radius 2 is 1.75 bits per heavy atom. The SMILES string of the molecule is CCOC(=O)C1=C(C)N=c2s/c(=C\c3ccccc3OCc3ccc(C(=O)O)cc3)c(=O)n2[C@@H]1c1ccc(OC(C)C)cc1. The molecule has 1 aliphatic heterocycles. The lowest BCUT2D eigenvalue weighted by Crippen LogP contribution is -2.39. The highest BCUT2D eigenvalue weighted by atomic mass is 32.1. The van der Waals surface area contributed by atoms with Gasteiger partial charge in [-0.05, 0) is 75.2 Å². The van der Waals surface area contributed by atoms with Crippen molar-refractivity contribution in [3.8, 4) is 11.5 Å². The van der Waals surface area contributed by atoms with Crippen LogP contribution < -0.4 is 24.4 Å². The number of fused-ring (bicyclic) bond motifs is 1. The molecule has 5 rings (SSSR count). The molecule has 44 heavy (non-hydrogen) atoms. The van der Waals surface area contributed by atoms with Crippen molar-refractivity contribution >= 4 is 29.4 Å².